The number of unbranched alkanes of at least 4 members (excludes halogenated alkanes) is 1. The van der Waals surface area contributed by atoms with E-state index in [1.807, 2.05) is 11.0 Å². The number of para-hydroxylation sites is 1. The molecule has 1 N–H and O–H groups in total. The summed E-state index contributed by atoms with van der Waals surface area (Å²) in [5.41, 5.74) is 1.26. The van der Waals surface area contributed by atoms with Crippen LogP contribution in [0, 0.1) is 0 Å². The highest BCUT2D eigenvalue weighted by molar-refractivity contribution is 5.76. The van der Waals surface area contributed by atoms with Gasteiger partial charge in [-0.1, -0.05) is 31.5 Å². The predicted molar refractivity (Wildman–Crippen MR) is 87.6 cm³/mol. The fraction of sp³-hybridized carbons (Fsp3) is 0.588. The average molecular weight is 289 g/mol. The van der Waals surface area contributed by atoms with Crippen molar-refractivity contribution in [2.45, 2.75) is 26.2 Å². The first-order valence-corrected chi connectivity index (χ1v) is 8.09. The van der Waals surface area contributed by atoms with E-state index in [0.717, 1.165) is 39.3 Å². The quantitative estimate of drug-likeness (QED) is 0.781. The SMILES string of the molecule is CCCCNCCC(=O)N1CCN(c2ccccc2)CC1. The molecule has 1 aromatic rings. The minimum absolute atomic E-state index is 0.284. The van der Waals surface area contributed by atoms with E-state index in [4.69, 9.17) is 0 Å². The van der Waals surface area contributed by atoms with Gasteiger partial charge in [0.15, 0.2) is 0 Å². The second kappa shape index (κ2) is 8.67. The molecule has 116 valence electrons. The molecule has 0 aliphatic carbocycles. The van der Waals surface area contributed by atoms with Crippen molar-refractivity contribution in [3.63, 3.8) is 0 Å². The van der Waals surface area contributed by atoms with Gasteiger partial charge in [0.25, 0.3) is 0 Å². The number of carbonyl (C=O) groups excluding carboxylic acids is 1. The van der Waals surface area contributed by atoms with E-state index in [9.17, 15) is 4.79 Å². The van der Waals surface area contributed by atoms with Crippen molar-refractivity contribution < 1.29 is 4.79 Å². The van der Waals surface area contributed by atoms with Crippen molar-refractivity contribution in [3.8, 4) is 0 Å². The summed E-state index contributed by atoms with van der Waals surface area (Å²) in [5.74, 6) is 0.284. The molecular formula is C17H27N3O. The van der Waals surface area contributed by atoms with Crippen molar-refractivity contribution in [1.82, 2.24) is 10.2 Å². The van der Waals surface area contributed by atoms with Crippen molar-refractivity contribution in [2.75, 3.05) is 44.2 Å². The Morgan fingerprint density at radius 3 is 2.48 bits per heavy atom. The number of carbonyl (C=O) groups is 1. The van der Waals surface area contributed by atoms with Crippen LogP contribution < -0.4 is 10.2 Å². The third-order valence-electron chi connectivity index (χ3n) is 3.98. The van der Waals surface area contributed by atoms with Crippen LogP contribution >= 0.6 is 0 Å². The minimum Gasteiger partial charge on any atom is -0.368 e. The summed E-state index contributed by atoms with van der Waals surface area (Å²) in [6.07, 6.45) is 3.00. The molecule has 1 aromatic carbocycles. The summed E-state index contributed by atoms with van der Waals surface area (Å²) in [4.78, 5) is 16.5. The Hall–Kier alpha value is -1.55. The van der Waals surface area contributed by atoms with Crippen LogP contribution in [0.15, 0.2) is 30.3 Å². The maximum absolute atomic E-state index is 12.1. The van der Waals surface area contributed by atoms with Crippen LogP contribution in [0.5, 0.6) is 0 Å². The van der Waals surface area contributed by atoms with Crippen LogP contribution in [0.3, 0.4) is 0 Å². The summed E-state index contributed by atoms with van der Waals surface area (Å²) >= 11 is 0. The molecule has 1 saturated heterocycles. The Kier molecular flexibility index (Phi) is 6.54. The summed E-state index contributed by atoms with van der Waals surface area (Å²) in [7, 11) is 0. The summed E-state index contributed by atoms with van der Waals surface area (Å²) in [6.45, 7) is 7.53. The van der Waals surface area contributed by atoms with Gasteiger partial charge in [0.05, 0.1) is 0 Å². The van der Waals surface area contributed by atoms with Crippen LogP contribution in [0.25, 0.3) is 0 Å². The van der Waals surface area contributed by atoms with Gasteiger partial charge >= 0.3 is 0 Å². The van der Waals surface area contributed by atoms with Gasteiger partial charge in [-0.25, -0.2) is 0 Å². The van der Waals surface area contributed by atoms with Gasteiger partial charge in [0.1, 0.15) is 0 Å². The molecular weight excluding hydrogens is 262 g/mol. The lowest BCUT2D eigenvalue weighted by atomic mass is 10.2. The Morgan fingerprint density at radius 1 is 1.10 bits per heavy atom. The molecule has 0 spiro atoms. The number of amides is 1. The van der Waals surface area contributed by atoms with Crippen LogP contribution in [-0.4, -0.2) is 50.1 Å². The Labute approximate surface area is 128 Å². The second-order valence-electron chi connectivity index (χ2n) is 5.56. The third kappa shape index (κ3) is 5.05. The highest BCUT2D eigenvalue weighted by Crippen LogP contribution is 2.15. The first kappa shape index (κ1) is 15.8. The number of rotatable bonds is 7. The summed E-state index contributed by atoms with van der Waals surface area (Å²) in [6, 6.07) is 10.4. The molecule has 0 bridgehead atoms. The zero-order valence-electron chi connectivity index (χ0n) is 13.1. The number of piperazine rings is 1. The van der Waals surface area contributed by atoms with Crippen LogP contribution in [0.1, 0.15) is 26.2 Å². The molecule has 0 saturated carbocycles. The Bertz CT molecular complexity index is 413. The Balaban J connectivity index is 1.67. The van der Waals surface area contributed by atoms with Gasteiger partial charge in [-0.15, -0.1) is 0 Å². The number of nitrogens with zero attached hydrogens (tertiary/aromatic N) is 2. The first-order chi connectivity index (χ1) is 10.3. The lowest BCUT2D eigenvalue weighted by molar-refractivity contribution is -0.131. The first-order valence-electron chi connectivity index (χ1n) is 8.09. The molecule has 4 nitrogen and oxygen atoms in total. The van der Waals surface area contributed by atoms with Gasteiger partial charge < -0.3 is 15.1 Å². The smallest absolute Gasteiger partial charge is 0.223 e. The van der Waals surface area contributed by atoms with Crippen LogP contribution in [0.4, 0.5) is 5.69 Å². The van der Waals surface area contributed by atoms with Gasteiger partial charge in [-0.2, -0.15) is 0 Å². The van der Waals surface area contributed by atoms with Crippen molar-refractivity contribution in [3.05, 3.63) is 30.3 Å². The maximum Gasteiger partial charge on any atom is 0.223 e. The highest BCUT2D eigenvalue weighted by Gasteiger charge is 2.20. The molecule has 0 atom stereocenters. The highest BCUT2D eigenvalue weighted by atomic mass is 16.2. The lowest BCUT2D eigenvalue weighted by Gasteiger charge is -2.36. The number of benzene rings is 1. The minimum atomic E-state index is 0.284. The largest absolute Gasteiger partial charge is 0.368 e. The van der Waals surface area contributed by atoms with E-state index in [2.05, 4.69) is 41.4 Å². The normalized spacial score (nSPS) is 15.3. The molecule has 21 heavy (non-hydrogen) atoms. The molecule has 4 heteroatoms. The monoisotopic (exact) mass is 289 g/mol. The summed E-state index contributed by atoms with van der Waals surface area (Å²) in [5, 5.41) is 3.33. The fourth-order valence-electron chi connectivity index (χ4n) is 2.63. The molecule has 1 fully saturated rings. The van der Waals surface area contributed by atoms with Gasteiger partial charge in [0.2, 0.25) is 5.91 Å². The predicted octanol–water partition coefficient (Wildman–Crippen LogP) is 2.11. The number of hydrogen-bond donors (Lipinski definition) is 1. The van der Waals surface area contributed by atoms with Gasteiger partial charge in [-0.3, -0.25) is 4.79 Å². The number of hydrogen-bond acceptors (Lipinski definition) is 3. The fourth-order valence-corrected chi connectivity index (χ4v) is 2.63. The molecule has 1 aliphatic rings. The van der Waals surface area contributed by atoms with Crippen LogP contribution in [-0.2, 0) is 4.79 Å². The van der Waals surface area contributed by atoms with Crippen molar-refractivity contribution >= 4 is 11.6 Å². The zero-order chi connectivity index (χ0) is 14.9. The zero-order valence-corrected chi connectivity index (χ0v) is 13.1. The average Bonchev–Trinajstić information content (AvgIpc) is 2.55. The standard InChI is InChI=1S/C17H27N3O/c1-2-3-10-18-11-9-17(21)20-14-12-19(13-15-20)16-7-5-4-6-8-16/h4-8,18H,2-3,9-15H2,1H3. The van der Waals surface area contributed by atoms with Crippen molar-refractivity contribution in [1.29, 1.82) is 0 Å². The number of nitrogens with one attached hydrogen (secondary N) is 1. The molecule has 1 aliphatic heterocycles. The molecule has 2 rings (SSSR count). The second-order valence-corrected chi connectivity index (χ2v) is 5.56. The van der Waals surface area contributed by atoms with Crippen LogP contribution in [0.2, 0.25) is 0 Å². The molecule has 0 radical (unpaired) electrons. The summed E-state index contributed by atoms with van der Waals surface area (Å²) < 4.78 is 0. The van der Waals surface area contributed by atoms with E-state index in [1.165, 1.54) is 18.5 Å². The van der Waals surface area contributed by atoms with E-state index < -0.39 is 0 Å². The molecule has 0 unspecified atom stereocenters. The van der Waals surface area contributed by atoms with Gasteiger partial charge in [0, 0.05) is 44.8 Å². The van der Waals surface area contributed by atoms with E-state index in [-0.39, 0.29) is 5.91 Å². The maximum atomic E-state index is 12.1. The van der Waals surface area contributed by atoms with E-state index in [1.54, 1.807) is 0 Å². The van der Waals surface area contributed by atoms with Crippen molar-refractivity contribution in [2.24, 2.45) is 0 Å². The van der Waals surface area contributed by atoms with E-state index >= 15 is 0 Å². The Morgan fingerprint density at radius 2 is 1.81 bits per heavy atom. The molecule has 1 heterocycles. The van der Waals surface area contributed by atoms with E-state index in [0.29, 0.717) is 6.42 Å². The molecule has 0 aromatic heterocycles. The third-order valence-corrected chi connectivity index (χ3v) is 3.98. The molecule has 1 amide bonds. The lowest BCUT2D eigenvalue weighted by Crippen LogP contribution is -2.49. The number of anilines is 1. The van der Waals surface area contributed by atoms with Gasteiger partial charge in [-0.05, 0) is 25.1 Å². The topological polar surface area (TPSA) is 35.6 Å².